The van der Waals surface area contributed by atoms with Gasteiger partial charge in [-0.1, -0.05) is 73.3 Å². The van der Waals surface area contributed by atoms with Crippen LogP contribution in [-0.2, 0) is 0 Å². The minimum atomic E-state index is 0.555. The van der Waals surface area contributed by atoms with Crippen molar-refractivity contribution in [2.24, 2.45) is 5.92 Å². The van der Waals surface area contributed by atoms with Gasteiger partial charge in [-0.3, -0.25) is 0 Å². The van der Waals surface area contributed by atoms with Gasteiger partial charge >= 0.3 is 0 Å². The molecule has 16 heavy (non-hydrogen) atoms. The van der Waals surface area contributed by atoms with Crippen LogP contribution in [0.2, 0.25) is 0 Å². The molecule has 0 N–H and O–H groups in total. The minimum Gasteiger partial charge on any atom is -0.0839 e. The number of halogens is 1. The van der Waals surface area contributed by atoms with E-state index in [2.05, 4.69) is 54.0 Å². The molecule has 0 nitrogen and oxygen atoms in total. The van der Waals surface area contributed by atoms with Gasteiger partial charge in [-0.05, 0) is 29.4 Å². The van der Waals surface area contributed by atoms with Gasteiger partial charge in [0.15, 0.2) is 0 Å². The summed E-state index contributed by atoms with van der Waals surface area (Å²) in [6, 6.07) is 9.12. The number of rotatable bonds is 4. The Labute approximate surface area is 108 Å². The summed E-state index contributed by atoms with van der Waals surface area (Å²) in [7, 11) is 0. The van der Waals surface area contributed by atoms with Crippen molar-refractivity contribution in [2.45, 2.75) is 50.3 Å². The Morgan fingerprint density at radius 3 is 2.12 bits per heavy atom. The molecule has 1 aliphatic carbocycles. The quantitative estimate of drug-likeness (QED) is 0.645. The van der Waals surface area contributed by atoms with E-state index in [1.807, 2.05) is 0 Å². The average Bonchev–Trinajstić information content (AvgIpc) is 2.23. The SMILES string of the molecule is CC(C)c1ccc(C(Br)CC2CCC2)cc1. The second kappa shape index (κ2) is 5.35. The molecule has 0 aliphatic heterocycles. The number of benzene rings is 1. The Hall–Kier alpha value is -0.300. The second-order valence-corrected chi connectivity index (χ2v) is 6.43. The maximum Gasteiger partial charge on any atom is 0.0397 e. The largest absolute Gasteiger partial charge is 0.0839 e. The first-order chi connectivity index (χ1) is 7.66. The molecule has 1 heteroatoms. The molecule has 0 bridgehead atoms. The molecule has 0 spiro atoms. The molecular weight excluding hydrogens is 260 g/mol. The summed E-state index contributed by atoms with van der Waals surface area (Å²) in [5.41, 5.74) is 2.88. The van der Waals surface area contributed by atoms with Crippen LogP contribution < -0.4 is 0 Å². The number of hydrogen-bond donors (Lipinski definition) is 0. The van der Waals surface area contributed by atoms with Crippen molar-refractivity contribution in [3.05, 3.63) is 35.4 Å². The van der Waals surface area contributed by atoms with Gasteiger partial charge in [0.05, 0.1) is 0 Å². The van der Waals surface area contributed by atoms with Crippen LogP contribution in [0.15, 0.2) is 24.3 Å². The van der Waals surface area contributed by atoms with Gasteiger partial charge < -0.3 is 0 Å². The zero-order valence-electron chi connectivity index (χ0n) is 10.2. The van der Waals surface area contributed by atoms with Gasteiger partial charge in [0.1, 0.15) is 0 Å². The predicted octanol–water partition coefficient (Wildman–Crippen LogP) is 5.44. The van der Waals surface area contributed by atoms with Crippen molar-refractivity contribution in [1.82, 2.24) is 0 Å². The van der Waals surface area contributed by atoms with Crippen molar-refractivity contribution in [3.63, 3.8) is 0 Å². The normalized spacial score (nSPS) is 18.5. The highest BCUT2D eigenvalue weighted by Crippen LogP contribution is 2.38. The van der Waals surface area contributed by atoms with Crippen molar-refractivity contribution in [2.75, 3.05) is 0 Å². The van der Waals surface area contributed by atoms with Crippen LogP contribution in [0.25, 0.3) is 0 Å². The minimum absolute atomic E-state index is 0.555. The highest BCUT2D eigenvalue weighted by atomic mass is 79.9. The Morgan fingerprint density at radius 1 is 1.12 bits per heavy atom. The van der Waals surface area contributed by atoms with Gasteiger partial charge in [-0.2, -0.15) is 0 Å². The standard InChI is InChI=1S/C15H21Br/c1-11(2)13-6-8-14(9-7-13)15(16)10-12-4-3-5-12/h6-9,11-12,15H,3-5,10H2,1-2H3. The van der Waals surface area contributed by atoms with Gasteiger partial charge in [0.2, 0.25) is 0 Å². The monoisotopic (exact) mass is 280 g/mol. The Morgan fingerprint density at radius 2 is 1.69 bits per heavy atom. The van der Waals surface area contributed by atoms with E-state index in [4.69, 9.17) is 0 Å². The zero-order valence-corrected chi connectivity index (χ0v) is 11.8. The van der Waals surface area contributed by atoms with Gasteiger partial charge in [0.25, 0.3) is 0 Å². The van der Waals surface area contributed by atoms with Crippen molar-refractivity contribution >= 4 is 15.9 Å². The van der Waals surface area contributed by atoms with E-state index in [1.165, 1.54) is 36.8 Å². The third-order valence-electron chi connectivity index (χ3n) is 3.73. The van der Waals surface area contributed by atoms with Crippen LogP contribution in [0.5, 0.6) is 0 Å². The molecule has 1 unspecified atom stereocenters. The molecule has 88 valence electrons. The lowest BCUT2D eigenvalue weighted by atomic mass is 9.81. The molecule has 0 saturated heterocycles. The fourth-order valence-electron chi connectivity index (χ4n) is 2.25. The smallest absolute Gasteiger partial charge is 0.0397 e. The van der Waals surface area contributed by atoms with Crippen LogP contribution in [0.4, 0.5) is 0 Å². The van der Waals surface area contributed by atoms with E-state index in [-0.39, 0.29) is 0 Å². The molecule has 2 rings (SSSR count). The lowest BCUT2D eigenvalue weighted by molar-refractivity contribution is 0.295. The number of hydrogen-bond acceptors (Lipinski definition) is 0. The van der Waals surface area contributed by atoms with Crippen molar-refractivity contribution in [3.8, 4) is 0 Å². The summed E-state index contributed by atoms with van der Waals surface area (Å²) in [4.78, 5) is 0.555. The third kappa shape index (κ3) is 2.88. The molecular formula is C15H21Br. The van der Waals surface area contributed by atoms with Crippen LogP contribution in [-0.4, -0.2) is 0 Å². The topological polar surface area (TPSA) is 0 Å². The van der Waals surface area contributed by atoms with Crippen LogP contribution in [0.3, 0.4) is 0 Å². The first-order valence-corrected chi connectivity index (χ1v) is 7.32. The average molecular weight is 281 g/mol. The summed E-state index contributed by atoms with van der Waals surface area (Å²) in [6.07, 6.45) is 5.62. The summed E-state index contributed by atoms with van der Waals surface area (Å²) < 4.78 is 0. The van der Waals surface area contributed by atoms with Crippen LogP contribution in [0, 0.1) is 5.92 Å². The van der Waals surface area contributed by atoms with E-state index in [9.17, 15) is 0 Å². The molecule has 1 fully saturated rings. The fraction of sp³-hybridized carbons (Fsp3) is 0.600. The van der Waals surface area contributed by atoms with Crippen molar-refractivity contribution in [1.29, 1.82) is 0 Å². The first kappa shape index (κ1) is 12.2. The Kier molecular flexibility index (Phi) is 4.07. The molecule has 1 saturated carbocycles. The Balaban J connectivity index is 1.97. The zero-order chi connectivity index (χ0) is 11.5. The van der Waals surface area contributed by atoms with E-state index in [0.29, 0.717) is 10.7 Å². The molecule has 0 aromatic heterocycles. The van der Waals surface area contributed by atoms with E-state index >= 15 is 0 Å². The van der Waals surface area contributed by atoms with Crippen molar-refractivity contribution < 1.29 is 0 Å². The fourth-order valence-corrected chi connectivity index (χ4v) is 3.08. The lowest BCUT2D eigenvalue weighted by Gasteiger charge is -2.27. The summed E-state index contributed by atoms with van der Waals surface area (Å²) in [6.45, 7) is 4.49. The van der Waals surface area contributed by atoms with Crippen LogP contribution >= 0.6 is 15.9 Å². The van der Waals surface area contributed by atoms with Crippen LogP contribution in [0.1, 0.15) is 61.4 Å². The maximum atomic E-state index is 3.82. The molecule has 0 heterocycles. The second-order valence-electron chi connectivity index (χ2n) is 5.32. The molecule has 0 radical (unpaired) electrons. The molecule has 1 aromatic rings. The third-order valence-corrected chi connectivity index (χ3v) is 4.63. The van der Waals surface area contributed by atoms with Gasteiger partial charge in [-0.15, -0.1) is 0 Å². The molecule has 1 aliphatic rings. The van der Waals surface area contributed by atoms with Gasteiger partial charge in [0, 0.05) is 4.83 Å². The molecule has 0 amide bonds. The predicted molar refractivity (Wildman–Crippen MR) is 74.2 cm³/mol. The van der Waals surface area contributed by atoms with Gasteiger partial charge in [-0.25, -0.2) is 0 Å². The first-order valence-electron chi connectivity index (χ1n) is 6.40. The highest BCUT2D eigenvalue weighted by molar-refractivity contribution is 9.09. The highest BCUT2D eigenvalue weighted by Gasteiger charge is 2.21. The van der Waals surface area contributed by atoms with E-state index < -0.39 is 0 Å². The maximum absolute atomic E-state index is 3.82. The van der Waals surface area contributed by atoms with E-state index in [1.54, 1.807) is 0 Å². The van der Waals surface area contributed by atoms with E-state index in [0.717, 1.165) is 5.92 Å². The lowest BCUT2D eigenvalue weighted by Crippen LogP contribution is -2.12. The molecule has 1 aromatic carbocycles. The summed E-state index contributed by atoms with van der Waals surface area (Å²) in [5.74, 6) is 1.60. The molecule has 1 atom stereocenters. The summed E-state index contributed by atoms with van der Waals surface area (Å²) >= 11 is 3.82. The summed E-state index contributed by atoms with van der Waals surface area (Å²) in [5, 5.41) is 0. The Bertz CT molecular complexity index is 322. The number of alkyl halides is 1.